The first-order valence-electron chi connectivity index (χ1n) is 9.19. The average Bonchev–Trinajstić information content (AvgIpc) is 2.69. The number of piperazine rings is 1. The van der Waals surface area contributed by atoms with Gasteiger partial charge in [-0.25, -0.2) is 4.39 Å². The highest BCUT2D eigenvalue weighted by atomic mass is 19.1. The third-order valence-electron chi connectivity index (χ3n) is 5.00. The Bertz CT molecular complexity index is 928. The Labute approximate surface area is 158 Å². The summed E-state index contributed by atoms with van der Waals surface area (Å²) >= 11 is 0. The molecule has 0 spiro atoms. The summed E-state index contributed by atoms with van der Waals surface area (Å²) in [7, 11) is 0. The van der Waals surface area contributed by atoms with Gasteiger partial charge in [0.05, 0.1) is 6.54 Å². The van der Waals surface area contributed by atoms with Crippen molar-refractivity contribution in [1.29, 1.82) is 0 Å². The Balaban J connectivity index is 1.33. The van der Waals surface area contributed by atoms with Crippen molar-refractivity contribution in [2.75, 3.05) is 42.9 Å². The molecular weight excluding hydrogens is 341 g/mol. The summed E-state index contributed by atoms with van der Waals surface area (Å²) in [5.41, 5.74) is 1.87. The minimum absolute atomic E-state index is 0.00147. The molecule has 138 valence electrons. The highest BCUT2D eigenvalue weighted by Gasteiger charge is 2.19. The molecule has 27 heavy (non-hydrogen) atoms. The zero-order valence-corrected chi connectivity index (χ0v) is 15.1. The third kappa shape index (κ3) is 4.09. The Morgan fingerprint density at radius 3 is 2.37 bits per heavy atom. The summed E-state index contributed by atoms with van der Waals surface area (Å²) < 4.78 is 13.1. The van der Waals surface area contributed by atoms with Gasteiger partial charge in [0.15, 0.2) is 0 Å². The van der Waals surface area contributed by atoms with Crippen molar-refractivity contribution in [3.8, 4) is 0 Å². The zero-order chi connectivity index (χ0) is 18.6. The van der Waals surface area contributed by atoms with Gasteiger partial charge in [-0.2, -0.15) is 0 Å². The van der Waals surface area contributed by atoms with Crippen LogP contribution in [0.3, 0.4) is 0 Å². The van der Waals surface area contributed by atoms with Crippen molar-refractivity contribution in [3.63, 3.8) is 0 Å². The van der Waals surface area contributed by atoms with Crippen molar-refractivity contribution in [2.24, 2.45) is 0 Å². The van der Waals surface area contributed by atoms with Gasteiger partial charge in [0, 0.05) is 42.9 Å². The number of halogens is 1. The number of benzene rings is 3. The Kier molecular flexibility index (Phi) is 5.03. The molecule has 1 saturated heterocycles. The van der Waals surface area contributed by atoms with Crippen LogP contribution in [-0.4, -0.2) is 43.5 Å². The lowest BCUT2D eigenvalue weighted by atomic mass is 10.1. The molecule has 4 nitrogen and oxygen atoms in total. The fraction of sp³-hybridized carbons (Fsp3) is 0.227. The number of hydrogen-bond acceptors (Lipinski definition) is 3. The zero-order valence-electron chi connectivity index (χ0n) is 15.1. The third-order valence-corrected chi connectivity index (χ3v) is 5.00. The Hall–Kier alpha value is -2.92. The monoisotopic (exact) mass is 363 g/mol. The minimum Gasteiger partial charge on any atom is -0.369 e. The Morgan fingerprint density at radius 1 is 0.889 bits per heavy atom. The van der Waals surface area contributed by atoms with Crippen LogP contribution in [0.5, 0.6) is 0 Å². The molecule has 0 radical (unpaired) electrons. The first-order chi connectivity index (χ1) is 13.2. The van der Waals surface area contributed by atoms with E-state index >= 15 is 0 Å². The van der Waals surface area contributed by atoms with Crippen LogP contribution in [0.1, 0.15) is 0 Å². The van der Waals surface area contributed by atoms with Crippen LogP contribution in [0, 0.1) is 5.82 Å². The summed E-state index contributed by atoms with van der Waals surface area (Å²) in [6, 6.07) is 20.5. The van der Waals surface area contributed by atoms with Crippen molar-refractivity contribution >= 4 is 28.1 Å². The van der Waals surface area contributed by atoms with E-state index in [2.05, 4.69) is 15.1 Å². The lowest BCUT2D eigenvalue weighted by molar-refractivity contribution is -0.117. The molecule has 1 aliphatic rings. The molecule has 1 heterocycles. The van der Waals surface area contributed by atoms with Gasteiger partial charge >= 0.3 is 0 Å². The summed E-state index contributed by atoms with van der Waals surface area (Å²) in [4.78, 5) is 16.9. The summed E-state index contributed by atoms with van der Waals surface area (Å²) in [6.45, 7) is 3.64. The second kappa shape index (κ2) is 7.76. The SMILES string of the molecule is O=C(CN1CCN(c2ccc(F)cc2)CC1)Nc1cccc2ccccc12. The molecule has 1 aliphatic heterocycles. The maximum atomic E-state index is 13.1. The number of carbonyl (C=O) groups is 1. The lowest BCUT2D eigenvalue weighted by Gasteiger charge is -2.35. The molecule has 0 saturated carbocycles. The molecular formula is C22H22FN3O. The van der Waals surface area contributed by atoms with E-state index in [1.165, 1.54) is 12.1 Å². The molecule has 3 aromatic carbocycles. The van der Waals surface area contributed by atoms with E-state index in [0.717, 1.165) is 48.3 Å². The summed E-state index contributed by atoms with van der Waals surface area (Å²) in [6.07, 6.45) is 0. The van der Waals surface area contributed by atoms with Gasteiger partial charge in [-0.05, 0) is 35.7 Å². The van der Waals surface area contributed by atoms with Crippen LogP contribution < -0.4 is 10.2 Å². The number of anilines is 2. The summed E-state index contributed by atoms with van der Waals surface area (Å²) in [5.74, 6) is -0.218. The summed E-state index contributed by atoms with van der Waals surface area (Å²) in [5, 5.41) is 5.21. The molecule has 0 bridgehead atoms. The molecule has 1 fully saturated rings. The number of amides is 1. The molecule has 1 amide bonds. The number of rotatable bonds is 4. The second-order valence-corrected chi connectivity index (χ2v) is 6.81. The van der Waals surface area contributed by atoms with Crippen molar-refractivity contribution in [3.05, 3.63) is 72.5 Å². The maximum Gasteiger partial charge on any atom is 0.238 e. The van der Waals surface area contributed by atoms with Crippen LogP contribution in [0.25, 0.3) is 10.8 Å². The van der Waals surface area contributed by atoms with E-state index in [1.807, 2.05) is 42.5 Å². The average molecular weight is 363 g/mol. The maximum absolute atomic E-state index is 13.1. The van der Waals surface area contributed by atoms with Crippen LogP contribution in [0.15, 0.2) is 66.7 Å². The molecule has 0 atom stereocenters. The lowest BCUT2D eigenvalue weighted by Crippen LogP contribution is -2.48. The van der Waals surface area contributed by atoms with E-state index < -0.39 is 0 Å². The number of hydrogen-bond donors (Lipinski definition) is 1. The highest BCUT2D eigenvalue weighted by molar-refractivity contribution is 6.02. The standard InChI is InChI=1S/C22H22FN3O/c23-18-8-10-19(11-9-18)26-14-12-25(13-15-26)16-22(27)24-21-7-3-5-17-4-1-2-6-20(17)21/h1-11H,12-16H2,(H,24,27). The van der Waals surface area contributed by atoms with E-state index in [-0.39, 0.29) is 11.7 Å². The molecule has 5 heteroatoms. The van der Waals surface area contributed by atoms with E-state index in [1.54, 1.807) is 12.1 Å². The van der Waals surface area contributed by atoms with Crippen LogP contribution >= 0.6 is 0 Å². The van der Waals surface area contributed by atoms with Crippen molar-refractivity contribution in [1.82, 2.24) is 4.90 Å². The van der Waals surface area contributed by atoms with Crippen LogP contribution in [-0.2, 0) is 4.79 Å². The van der Waals surface area contributed by atoms with Crippen LogP contribution in [0.4, 0.5) is 15.8 Å². The molecule has 3 aromatic rings. The van der Waals surface area contributed by atoms with Gasteiger partial charge in [0.25, 0.3) is 0 Å². The molecule has 1 N–H and O–H groups in total. The first-order valence-corrected chi connectivity index (χ1v) is 9.19. The molecule has 0 unspecified atom stereocenters. The van der Waals surface area contributed by atoms with Gasteiger partial charge in [0.1, 0.15) is 5.82 Å². The molecule has 0 aromatic heterocycles. The first kappa shape index (κ1) is 17.5. The van der Waals surface area contributed by atoms with E-state index in [9.17, 15) is 9.18 Å². The van der Waals surface area contributed by atoms with E-state index in [4.69, 9.17) is 0 Å². The fourth-order valence-electron chi connectivity index (χ4n) is 3.54. The number of carbonyl (C=O) groups excluding carboxylic acids is 1. The predicted octanol–water partition coefficient (Wildman–Crippen LogP) is 3.74. The second-order valence-electron chi connectivity index (χ2n) is 6.81. The normalized spacial score (nSPS) is 15.1. The van der Waals surface area contributed by atoms with Crippen molar-refractivity contribution < 1.29 is 9.18 Å². The van der Waals surface area contributed by atoms with Crippen LogP contribution in [0.2, 0.25) is 0 Å². The van der Waals surface area contributed by atoms with Gasteiger partial charge in [-0.15, -0.1) is 0 Å². The molecule has 4 rings (SSSR count). The fourth-order valence-corrected chi connectivity index (χ4v) is 3.54. The number of nitrogens with zero attached hydrogens (tertiary/aromatic N) is 2. The number of nitrogens with one attached hydrogen (secondary N) is 1. The van der Waals surface area contributed by atoms with E-state index in [0.29, 0.717) is 6.54 Å². The van der Waals surface area contributed by atoms with Gasteiger partial charge in [0.2, 0.25) is 5.91 Å². The molecule has 0 aliphatic carbocycles. The highest BCUT2D eigenvalue weighted by Crippen LogP contribution is 2.23. The van der Waals surface area contributed by atoms with Gasteiger partial charge in [-0.3, -0.25) is 9.69 Å². The Morgan fingerprint density at radius 2 is 1.59 bits per heavy atom. The van der Waals surface area contributed by atoms with Crippen molar-refractivity contribution in [2.45, 2.75) is 0 Å². The predicted molar refractivity (Wildman–Crippen MR) is 108 cm³/mol. The quantitative estimate of drug-likeness (QED) is 0.767. The van der Waals surface area contributed by atoms with Gasteiger partial charge in [-0.1, -0.05) is 36.4 Å². The topological polar surface area (TPSA) is 35.6 Å². The minimum atomic E-state index is -0.220. The smallest absolute Gasteiger partial charge is 0.238 e. The largest absolute Gasteiger partial charge is 0.369 e. The van der Waals surface area contributed by atoms with Gasteiger partial charge < -0.3 is 10.2 Å². The number of fused-ring (bicyclic) bond motifs is 1.